The smallest absolute Gasteiger partial charge is 0.302 e. The van der Waals surface area contributed by atoms with Gasteiger partial charge in [-0.2, -0.15) is 0 Å². The summed E-state index contributed by atoms with van der Waals surface area (Å²) in [6, 6.07) is 14.7. The Balaban J connectivity index is 1.38. The van der Waals surface area contributed by atoms with Gasteiger partial charge in [0.15, 0.2) is 15.8 Å². The second-order valence-corrected chi connectivity index (χ2v) is 11.3. The molecule has 12 heteroatoms. The van der Waals surface area contributed by atoms with Crippen LogP contribution in [0.3, 0.4) is 0 Å². The van der Waals surface area contributed by atoms with Crippen molar-refractivity contribution in [2.75, 3.05) is 18.1 Å². The minimum Gasteiger partial charge on any atom is -0.507 e. The molecule has 4 aromatic rings. The molecule has 0 spiro atoms. The molecular formula is C27H20ClN3O6S2. The summed E-state index contributed by atoms with van der Waals surface area (Å²) in [5, 5.41) is 20.6. The number of halogens is 1. The van der Waals surface area contributed by atoms with Gasteiger partial charge in [0.25, 0.3) is 5.78 Å². The highest BCUT2D eigenvalue weighted by molar-refractivity contribution is 8.00. The van der Waals surface area contributed by atoms with Crippen molar-refractivity contribution in [2.24, 2.45) is 0 Å². The first-order chi connectivity index (χ1) is 18.9. The van der Waals surface area contributed by atoms with Crippen LogP contribution in [0.2, 0.25) is 5.02 Å². The second kappa shape index (κ2) is 10.4. The van der Waals surface area contributed by atoms with Crippen molar-refractivity contribution in [3.05, 3.63) is 87.8 Å². The van der Waals surface area contributed by atoms with Gasteiger partial charge in [-0.25, -0.2) is 0 Å². The lowest BCUT2D eigenvalue weighted by molar-refractivity contribution is -0.132. The van der Waals surface area contributed by atoms with Gasteiger partial charge in [-0.3, -0.25) is 14.5 Å². The molecule has 1 amide bonds. The molecule has 2 aliphatic heterocycles. The maximum absolute atomic E-state index is 13.4. The van der Waals surface area contributed by atoms with Crippen molar-refractivity contribution in [1.82, 2.24) is 10.2 Å². The number of ketones is 1. The van der Waals surface area contributed by atoms with E-state index in [0.29, 0.717) is 56.9 Å². The second-order valence-electron chi connectivity index (χ2n) is 8.71. The molecule has 0 radical (unpaired) electrons. The number of benzene rings is 2. The predicted octanol–water partition coefficient (Wildman–Crippen LogP) is 5.78. The SMILES string of the molecule is Cc1ccc(C2/C(=C(\O)c3ccc4c(c3)OCCO4)C(=O)C(=O)N2c2nnc(SCc3ccccc3Cl)s2)o1. The summed E-state index contributed by atoms with van der Waals surface area (Å²) in [5.41, 5.74) is 1.12. The Morgan fingerprint density at radius 3 is 2.67 bits per heavy atom. The lowest BCUT2D eigenvalue weighted by atomic mass is 9.99. The van der Waals surface area contributed by atoms with Crippen molar-refractivity contribution in [2.45, 2.75) is 23.1 Å². The number of amides is 1. The van der Waals surface area contributed by atoms with Crippen LogP contribution in [0.4, 0.5) is 5.13 Å². The number of ether oxygens (including phenoxy) is 2. The number of hydrogen-bond donors (Lipinski definition) is 1. The number of carbonyl (C=O) groups is 2. The van der Waals surface area contributed by atoms with Gasteiger partial charge in [0.05, 0.1) is 5.57 Å². The molecule has 2 aliphatic rings. The number of fused-ring (bicyclic) bond motifs is 1. The van der Waals surface area contributed by atoms with Gasteiger partial charge in [0.1, 0.15) is 36.5 Å². The van der Waals surface area contributed by atoms with E-state index < -0.39 is 17.7 Å². The predicted molar refractivity (Wildman–Crippen MR) is 147 cm³/mol. The molecule has 39 heavy (non-hydrogen) atoms. The Morgan fingerprint density at radius 2 is 1.90 bits per heavy atom. The number of aromatic nitrogens is 2. The highest BCUT2D eigenvalue weighted by atomic mass is 35.5. The molecule has 0 aliphatic carbocycles. The number of nitrogens with zero attached hydrogens (tertiary/aromatic N) is 3. The Bertz CT molecular complexity index is 1630. The lowest BCUT2D eigenvalue weighted by Crippen LogP contribution is -2.29. The van der Waals surface area contributed by atoms with Crippen LogP contribution in [0.25, 0.3) is 5.76 Å². The first kappa shape index (κ1) is 25.5. The molecule has 1 fully saturated rings. The maximum Gasteiger partial charge on any atom is 0.302 e. The molecular weight excluding hydrogens is 562 g/mol. The quantitative estimate of drug-likeness (QED) is 0.0994. The number of furan rings is 1. The maximum atomic E-state index is 13.4. The minimum absolute atomic E-state index is 0.119. The van der Waals surface area contributed by atoms with Gasteiger partial charge in [-0.05, 0) is 48.9 Å². The summed E-state index contributed by atoms with van der Waals surface area (Å²) in [6.45, 7) is 2.54. The van der Waals surface area contributed by atoms with Crippen LogP contribution in [-0.2, 0) is 15.3 Å². The van der Waals surface area contributed by atoms with Crippen LogP contribution in [0.5, 0.6) is 11.5 Å². The molecule has 6 rings (SSSR count). The number of aliphatic hydroxyl groups is 1. The van der Waals surface area contributed by atoms with Crippen molar-refractivity contribution in [1.29, 1.82) is 0 Å². The highest BCUT2D eigenvalue weighted by Gasteiger charge is 2.50. The van der Waals surface area contributed by atoms with Crippen LogP contribution >= 0.6 is 34.7 Å². The van der Waals surface area contributed by atoms with Gasteiger partial charge in [0.2, 0.25) is 5.13 Å². The Kier molecular flexibility index (Phi) is 6.79. The normalized spacial score (nSPS) is 18.1. The molecule has 1 saturated heterocycles. The monoisotopic (exact) mass is 581 g/mol. The summed E-state index contributed by atoms with van der Waals surface area (Å²) in [6.07, 6.45) is 0. The van der Waals surface area contributed by atoms with E-state index in [1.807, 2.05) is 24.3 Å². The number of aryl methyl sites for hydroxylation is 1. The minimum atomic E-state index is -1.04. The third-order valence-electron chi connectivity index (χ3n) is 6.20. The van der Waals surface area contributed by atoms with Crippen LogP contribution in [0.15, 0.2) is 68.9 Å². The number of carbonyl (C=O) groups excluding carboxylic acids is 2. The Labute approximate surface area is 236 Å². The summed E-state index contributed by atoms with van der Waals surface area (Å²) in [5.74, 6) is 0.368. The van der Waals surface area contributed by atoms with Crippen molar-refractivity contribution in [3.8, 4) is 11.5 Å². The van der Waals surface area contributed by atoms with Gasteiger partial charge in [-0.1, -0.05) is 52.9 Å². The molecule has 1 unspecified atom stereocenters. The van der Waals surface area contributed by atoms with E-state index in [0.717, 1.165) is 16.9 Å². The number of thioether (sulfide) groups is 1. The fraction of sp³-hybridized carbons (Fsp3) is 0.185. The largest absolute Gasteiger partial charge is 0.507 e. The van der Waals surface area contributed by atoms with E-state index >= 15 is 0 Å². The third-order valence-corrected chi connectivity index (χ3v) is 8.67. The van der Waals surface area contributed by atoms with Crippen LogP contribution in [0, 0.1) is 6.92 Å². The van der Waals surface area contributed by atoms with Gasteiger partial charge in [0, 0.05) is 16.3 Å². The topological polar surface area (TPSA) is 115 Å². The van der Waals surface area contributed by atoms with Crippen LogP contribution in [-0.4, -0.2) is 40.2 Å². The fourth-order valence-corrected chi connectivity index (χ4v) is 6.51. The number of anilines is 1. The van der Waals surface area contributed by atoms with Gasteiger partial charge in [-0.15, -0.1) is 10.2 Å². The van der Waals surface area contributed by atoms with Gasteiger partial charge < -0.3 is 19.0 Å². The zero-order valence-electron chi connectivity index (χ0n) is 20.4. The van der Waals surface area contributed by atoms with Gasteiger partial charge >= 0.3 is 5.91 Å². The number of rotatable bonds is 6. The molecule has 1 N–H and O–H groups in total. The third kappa shape index (κ3) is 4.77. The summed E-state index contributed by atoms with van der Waals surface area (Å²) in [4.78, 5) is 28.0. The first-order valence-electron chi connectivity index (χ1n) is 11.9. The van der Waals surface area contributed by atoms with E-state index in [2.05, 4.69) is 10.2 Å². The molecule has 2 aromatic heterocycles. The van der Waals surface area contributed by atoms with E-state index in [1.165, 1.54) is 16.7 Å². The molecule has 0 saturated carbocycles. The van der Waals surface area contributed by atoms with Crippen LogP contribution in [0.1, 0.15) is 28.7 Å². The Hall–Kier alpha value is -3.80. The van der Waals surface area contributed by atoms with E-state index in [9.17, 15) is 14.7 Å². The van der Waals surface area contributed by atoms with Crippen molar-refractivity contribution < 1.29 is 28.6 Å². The molecule has 2 aromatic carbocycles. The van der Waals surface area contributed by atoms with Crippen molar-refractivity contribution >= 4 is 57.3 Å². The molecule has 198 valence electrons. The summed E-state index contributed by atoms with van der Waals surface area (Å²) >= 11 is 8.85. The van der Waals surface area contributed by atoms with Crippen LogP contribution < -0.4 is 14.4 Å². The number of hydrogen-bond acceptors (Lipinski definition) is 10. The number of aliphatic hydroxyl groups excluding tert-OH is 1. The van der Waals surface area contributed by atoms with E-state index in [-0.39, 0.29) is 16.5 Å². The highest BCUT2D eigenvalue weighted by Crippen LogP contribution is 2.45. The summed E-state index contributed by atoms with van der Waals surface area (Å²) in [7, 11) is 0. The molecule has 1 atom stereocenters. The Morgan fingerprint density at radius 1 is 1.10 bits per heavy atom. The molecule has 4 heterocycles. The standard InChI is InChI=1S/C27H20ClN3O6S2/c1-14-6-8-19(37-14)22-21(23(32)15-7-9-18-20(12-15)36-11-10-35-18)24(33)25(34)31(22)26-29-30-27(39-26)38-13-16-4-2-3-5-17(16)28/h2-9,12,22,32H,10-11,13H2,1H3/b23-21+. The fourth-order valence-electron chi connectivity index (χ4n) is 4.36. The number of Topliss-reactive ketones (excluding diaryl/α,β-unsaturated/α-hetero) is 1. The summed E-state index contributed by atoms with van der Waals surface area (Å²) < 4.78 is 17.6. The zero-order chi connectivity index (χ0) is 27.1. The van der Waals surface area contributed by atoms with E-state index in [4.69, 9.17) is 25.5 Å². The average molecular weight is 582 g/mol. The van der Waals surface area contributed by atoms with Crippen molar-refractivity contribution in [3.63, 3.8) is 0 Å². The zero-order valence-corrected chi connectivity index (χ0v) is 22.8. The lowest BCUT2D eigenvalue weighted by Gasteiger charge is -2.21. The first-order valence-corrected chi connectivity index (χ1v) is 14.1. The molecule has 9 nitrogen and oxygen atoms in total. The average Bonchev–Trinajstić information content (AvgIpc) is 3.65. The molecule has 0 bridgehead atoms. The van der Waals surface area contributed by atoms with E-state index in [1.54, 1.807) is 37.3 Å².